The Kier molecular flexibility index (Phi) is 7.57. The van der Waals surface area contributed by atoms with Crippen LogP contribution in [0.25, 0.3) is 0 Å². The van der Waals surface area contributed by atoms with Crippen molar-refractivity contribution >= 4 is 17.7 Å². The van der Waals surface area contributed by atoms with Gasteiger partial charge in [-0.1, -0.05) is 57.5 Å². The third-order valence-electron chi connectivity index (χ3n) is 5.38. The van der Waals surface area contributed by atoms with Crippen molar-refractivity contribution in [3.8, 4) is 0 Å². The second-order valence-corrected chi connectivity index (χ2v) is 8.05. The number of hydrogen-bond donors (Lipinski definition) is 1. The summed E-state index contributed by atoms with van der Waals surface area (Å²) in [5.41, 5.74) is 0.520. The minimum atomic E-state index is -0.958. The van der Waals surface area contributed by atoms with Crippen LogP contribution in [0.5, 0.6) is 0 Å². The average Bonchev–Trinajstić information content (AvgIpc) is 2.61. The molecular weight excluding hydrogens is 342 g/mol. The summed E-state index contributed by atoms with van der Waals surface area (Å²) in [7, 11) is 0. The predicted octanol–water partition coefficient (Wildman–Crippen LogP) is 3.77. The predicted molar refractivity (Wildman–Crippen MR) is 104 cm³/mol. The summed E-state index contributed by atoms with van der Waals surface area (Å²) in [6.07, 6.45) is 2.73. The molecule has 1 amide bonds. The van der Waals surface area contributed by atoms with Gasteiger partial charge in [0.05, 0.1) is 0 Å². The molecule has 1 fully saturated rings. The zero-order valence-electron chi connectivity index (χ0n) is 16.7. The fourth-order valence-corrected chi connectivity index (χ4v) is 3.85. The van der Waals surface area contributed by atoms with Crippen LogP contribution in [0.3, 0.4) is 0 Å². The summed E-state index contributed by atoms with van der Waals surface area (Å²) in [5, 5.41) is 2.59. The Balaban J connectivity index is 2.09. The van der Waals surface area contributed by atoms with E-state index in [2.05, 4.69) is 26.1 Å². The SMILES string of the molecule is CC(=O)N[C@@H](CC(=O)c1ccccc1)C(=O)O[C@@H]1C[C@H](C)CC[C@H]1C(C)C. The molecule has 5 heteroatoms. The second-order valence-electron chi connectivity index (χ2n) is 8.05. The Bertz CT molecular complexity index is 656. The van der Waals surface area contributed by atoms with Crippen LogP contribution in [0.15, 0.2) is 30.3 Å². The average molecular weight is 373 g/mol. The van der Waals surface area contributed by atoms with E-state index in [9.17, 15) is 14.4 Å². The van der Waals surface area contributed by atoms with Crippen molar-refractivity contribution in [1.82, 2.24) is 5.32 Å². The van der Waals surface area contributed by atoms with Gasteiger partial charge < -0.3 is 10.1 Å². The normalized spacial score (nSPS) is 23.5. The van der Waals surface area contributed by atoms with Gasteiger partial charge in [0, 0.05) is 18.9 Å². The van der Waals surface area contributed by atoms with Gasteiger partial charge in [0.1, 0.15) is 12.1 Å². The Morgan fingerprint density at radius 2 is 1.81 bits per heavy atom. The van der Waals surface area contributed by atoms with Crippen LogP contribution in [-0.4, -0.2) is 29.8 Å². The Labute approximate surface area is 161 Å². The maximum absolute atomic E-state index is 12.8. The molecule has 0 aliphatic heterocycles. The lowest BCUT2D eigenvalue weighted by atomic mass is 9.75. The summed E-state index contributed by atoms with van der Waals surface area (Å²) in [6.45, 7) is 7.80. The van der Waals surface area contributed by atoms with Crippen molar-refractivity contribution in [3.63, 3.8) is 0 Å². The molecule has 0 saturated heterocycles. The van der Waals surface area contributed by atoms with Crippen LogP contribution >= 0.6 is 0 Å². The quantitative estimate of drug-likeness (QED) is 0.583. The molecule has 0 spiro atoms. The van der Waals surface area contributed by atoms with Gasteiger partial charge in [-0.15, -0.1) is 0 Å². The van der Waals surface area contributed by atoms with Crippen LogP contribution in [0, 0.1) is 17.8 Å². The molecule has 0 radical (unpaired) electrons. The highest BCUT2D eigenvalue weighted by Crippen LogP contribution is 2.35. The highest BCUT2D eigenvalue weighted by atomic mass is 16.5. The molecule has 0 heterocycles. The fourth-order valence-electron chi connectivity index (χ4n) is 3.85. The number of amides is 1. The van der Waals surface area contributed by atoms with E-state index in [-0.39, 0.29) is 24.2 Å². The maximum Gasteiger partial charge on any atom is 0.329 e. The Hall–Kier alpha value is -2.17. The summed E-state index contributed by atoms with van der Waals surface area (Å²) in [5.74, 6) is 0.176. The first-order valence-electron chi connectivity index (χ1n) is 9.83. The van der Waals surface area contributed by atoms with E-state index in [1.807, 2.05) is 6.07 Å². The molecule has 1 aromatic carbocycles. The third-order valence-corrected chi connectivity index (χ3v) is 5.38. The van der Waals surface area contributed by atoms with Gasteiger partial charge in [-0.3, -0.25) is 9.59 Å². The molecule has 1 aromatic rings. The van der Waals surface area contributed by atoms with Gasteiger partial charge in [0.15, 0.2) is 5.78 Å². The monoisotopic (exact) mass is 373 g/mol. The summed E-state index contributed by atoms with van der Waals surface area (Å²) < 4.78 is 5.83. The number of rotatable bonds is 7. The molecule has 4 atom stereocenters. The van der Waals surface area contributed by atoms with Gasteiger partial charge in [-0.25, -0.2) is 4.79 Å². The molecular formula is C22H31NO4. The number of hydrogen-bond acceptors (Lipinski definition) is 4. The van der Waals surface area contributed by atoms with Crippen molar-refractivity contribution < 1.29 is 19.1 Å². The van der Waals surface area contributed by atoms with Crippen molar-refractivity contribution in [1.29, 1.82) is 0 Å². The molecule has 2 rings (SSSR count). The lowest BCUT2D eigenvalue weighted by Crippen LogP contribution is -2.45. The van der Waals surface area contributed by atoms with Crippen LogP contribution < -0.4 is 5.32 Å². The molecule has 5 nitrogen and oxygen atoms in total. The van der Waals surface area contributed by atoms with E-state index in [1.54, 1.807) is 24.3 Å². The molecule has 0 unspecified atom stereocenters. The number of carbonyl (C=O) groups is 3. The topological polar surface area (TPSA) is 72.5 Å². The van der Waals surface area contributed by atoms with E-state index >= 15 is 0 Å². The van der Waals surface area contributed by atoms with Crippen LogP contribution in [-0.2, 0) is 14.3 Å². The van der Waals surface area contributed by atoms with Crippen molar-refractivity contribution in [2.75, 3.05) is 0 Å². The van der Waals surface area contributed by atoms with Crippen LogP contribution in [0.2, 0.25) is 0 Å². The third kappa shape index (κ3) is 6.19. The minimum absolute atomic E-state index is 0.100. The van der Waals surface area contributed by atoms with E-state index in [1.165, 1.54) is 6.92 Å². The molecule has 1 aliphatic rings. The molecule has 1 aliphatic carbocycles. The number of ketones is 1. The lowest BCUT2D eigenvalue weighted by molar-refractivity contribution is -0.159. The second kappa shape index (κ2) is 9.67. The minimum Gasteiger partial charge on any atom is -0.461 e. The van der Waals surface area contributed by atoms with Gasteiger partial charge in [-0.2, -0.15) is 0 Å². The van der Waals surface area contributed by atoms with Gasteiger partial charge >= 0.3 is 5.97 Å². The standard InChI is InChI=1S/C22H31NO4/c1-14(2)18-11-10-15(3)12-21(18)27-22(26)19(23-16(4)24)13-20(25)17-8-6-5-7-9-17/h5-9,14-15,18-19,21H,10-13H2,1-4H3,(H,23,24)/t15-,18+,19+,21-/m1/s1. The first-order valence-corrected chi connectivity index (χ1v) is 9.83. The van der Waals surface area contributed by atoms with E-state index in [0.717, 1.165) is 19.3 Å². The Morgan fingerprint density at radius 3 is 2.41 bits per heavy atom. The summed E-state index contributed by atoms with van der Waals surface area (Å²) >= 11 is 0. The highest BCUT2D eigenvalue weighted by molar-refractivity contribution is 5.99. The molecule has 0 aromatic heterocycles. The van der Waals surface area contributed by atoms with Gasteiger partial charge in [0.2, 0.25) is 5.91 Å². The van der Waals surface area contributed by atoms with Crippen molar-refractivity contribution in [2.24, 2.45) is 17.8 Å². The smallest absolute Gasteiger partial charge is 0.329 e. The van der Waals surface area contributed by atoms with Gasteiger partial charge in [-0.05, 0) is 30.6 Å². The van der Waals surface area contributed by atoms with E-state index in [0.29, 0.717) is 23.3 Å². The molecule has 148 valence electrons. The number of ether oxygens (including phenoxy) is 1. The fraction of sp³-hybridized carbons (Fsp3) is 0.591. The molecule has 1 saturated carbocycles. The summed E-state index contributed by atoms with van der Waals surface area (Å²) in [4.78, 5) is 36.9. The largest absolute Gasteiger partial charge is 0.461 e. The Morgan fingerprint density at radius 1 is 1.15 bits per heavy atom. The first kappa shape index (κ1) is 21.1. The number of carbonyl (C=O) groups excluding carboxylic acids is 3. The first-order chi connectivity index (χ1) is 12.8. The number of benzene rings is 1. The van der Waals surface area contributed by atoms with Crippen LogP contribution in [0.4, 0.5) is 0 Å². The zero-order chi connectivity index (χ0) is 20.0. The van der Waals surface area contributed by atoms with Crippen LogP contribution in [0.1, 0.15) is 63.7 Å². The lowest BCUT2D eigenvalue weighted by Gasteiger charge is -2.37. The molecule has 0 bridgehead atoms. The van der Waals surface area contributed by atoms with Gasteiger partial charge in [0.25, 0.3) is 0 Å². The molecule has 27 heavy (non-hydrogen) atoms. The van der Waals surface area contributed by atoms with Crippen molar-refractivity contribution in [2.45, 2.75) is 65.5 Å². The van der Waals surface area contributed by atoms with E-state index in [4.69, 9.17) is 4.74 Å². The zero-order valence-corrected chi connectivity index (χ0v) is 16.7. The maximum atomic E-state index is 12.8. The van der Waals surface area contributed by atoms with Crippen molar-refractivity contribution in [3.05, 3.63) is 35.9 Å². The summed E-state index contributed by atoms with van der Waals surface area (Å²) in [6, 6.07) is 7.82. The molecule has 1 N–H and O–H groups in total. The highest BCUT2D eigenvalue weighted by Gasteiger charge is 2.35. The number of esters is 1. The van der Waals surface area contributed by atoms with E-state index < -0.39 is 12.0 Å². The number of Topliss-reactive ketones (excluding diaryl/α,β-unsaturated/α-hetero) is 1. The number of nitrogens with one attached hydrogen (secondary N) is 1.